The van der Waals surface area contributed by atoms with Gasteiger partial charge in [-0.3, -0.25) is 4.79 Å². The van der Waals surface area contributed by atoms with E-state index in [1.54, 1.807) is 0 Å². The van der Waals surface area contributed by atoms with Gasteiger partial charge in [0.05, 0.1) is 0 Å². The molecule has 5 nitrogen and oxygen atoms in total. The average molecular weight is 255 g/mol. The number of hydrogen-bond acceptors (Lipinski definition) is 3. The molecule has 0 saturated carbocycles. The van der Waals surface area contributed by atoms with Gasteiger partial charge in [-0.25, -0.2) is 4.79 Å². The van der Waals surface area contributed by atoms with E-state index in [4.69, 9.17) is 9.84 Å². The lowest BCUT2D eigenvalue weighted by molar-refractivity contribution is -0.155. The molecule has 5 heteroatoms. The minimum Gasteiger partial charge on any atom is -0.479 e. The first-order chi connectivity index (χ1) is 8.59. The maximum Gasteiger partial charge on any atom is 0.332 e. The Bertz CT molecular complexity index is 331. The minimum absolute atomic E-state index is 0.0202. The molecule has 1 N–H and O–H groups in total. The van der Waals surface area contributed by atoms with Gasteiger partial charge in [-0.2, -0.15) is 0 Å². The van der Waals surface area contributed by atoms with Gasteiger partial charge >= 0.3 is 5.97 Å². The van der Waals surface area contributed by atoms with Crippen LogP contribution in [0.4, 0.5) is 0 Å². The fourth-order valence-electron chi connectivity index (χ4n) is 2.79. The van der Waals surface area contributed by atoms with Crippen molar-refractivity contribution in [2.45, 2.75) is 63.7 Å². The van der Waals surface area contributed by atoms with Gasteiger partial charge in [0.2, 0.25) is 0 Å². The van der Waals surface area contributed by atoms with Crippen LogP contribution < -0.4 is 0 Å². The molecule has 2 rings (SSSR count). The van der Waals surface area contributed by atoms with Crippen LogP contribution in [0, 0.1) is 0 Å². The van der Waals surface area contributed by atoms with Crippen LogP contribution in [-0.4, -0.2) is 46.7 Å². The summed E-state index contributed by atoms with van der Waals surface area (Å²) in [6, 6.07) is 0.243. The molecule has 1 amide bonds. The monoisotopic (exact) mass is 255 g/mol. The molecule has 1 unspecified atom stereocenters. The molecule has 18 heavy (non-hydrogen) atoms. The number of nitrogens with zero attached hydrogens (tertiary/aromatic N) is 1. The highest BCUT2D eigenvalue weighted by molar-refractivity contribution is 5.83. The van der Waals surface area contributed by atoms with Gasteiger partial charge in [-0.1, -0.05) is 12.8 Å². The predicted molar refractivity (Wildman–Crippen MR) is 65.2 cm³/mol. The predicted octanol–water partition coefficient (Wildman–Crippen LogP) is 1.41. The Balaban J connectivity index is 1.96. The van der Waals surface area contributed by atoms with Gasteiger partial charge in [0.25, 0.3) is 5.91 Å². The van der Waals surface area contributed by atoms with Crippen molar-refractivity contribution < 1.29 is 19.4 Å². The SMILES string of the molecule is CC1CCCCCN1C(=O)[C@@H]1CC[C@H](C(=O)O)O1. The standard InChI is InChI=1S/C13H21NO4/c1-9-5-3-2-4-8-14(9)12(15)10-6-7-11(18-10)13(16)17/h9-11H,2-8H2,1H3,(H,16,17)/t9?,10-,11+/m0/s1. The third kappa shape index (κ3) is 2.83. The summed E-state index contributed by atoms with van der Waals surface area (Å²) in [4.78, 5) is 25.0. The van der Waals surface area contributed by atoms with Crippen LogP contribution in [0.1, 0.15) is 45.4 Å². The number of likely N-dealkylation sites (tertiary alicyclic amines) is 1. The Morgan fingerprint density at radius 2 is 1.83 bits per heavy atom. The van der Waals surface area contributed by atoms with Crippen LogP contribution in [0.25, 0.3) is 0 Å². The van der Waals surface area contributed by atoms with Crippen LogP contribution in [0.15, 0.2) is 0 Å². The summed E-state index contributed by atoms with van der Waals surface area (Å²) in [6.45, 7) is 2.84. The van der Waals surface area contributed by atoms with E-state index in [2.05, 4.69) is 6.92 Å². The van der Waals surface area contributed by atoms with Crippen molar-refractivity contribution in [2.75, 3.05) is 6.54 Å². The second-order valence-electron chi connectivity index (χ2n) is 5.26. The smallest absolute Gasteiger partial charge is 0.332 e. The Morgan fingerprint density at radius 1 is 1.11 bits per heavy atom. The molecule has 3 atom stereocenters. The van der Waals surface area contributed by atoms with E-state index < -0.39 is 18.2 Å². The van der Waals surface area contributed by atoms with Gasteiger partial charge in [0.1, 0.15) is 6.10 Å². The topological polar surface area (TPSA) is 66.8 Å². The van der Waals surface area contributed by atoms with E-state index in [9.17, 15) is 9.59 Å². The quantitative estimate of drug-likeness (QED) is 0.810. The van der Waals surface area contributed by atoms with Crippen LogP contribution in [0.5, 0.6) is 0 Å². The Morgan fingerprint density at radius 3 is 2.50 bits per heavy atom. The van der Waals surface area contributed by atoms with Gasteiger partial charge in [0, 0.05) is 12.6 Å². The van der Waals surface area contributed by atoms with E-state index in [1.165, 1.54) is 0 Å². The number of hydrogen-bond donors (Lipinski definition) is 1. The van der Waals surface area contributed by atoms with Gasteiger partial charge < -0.3 is 14.7 Å². The van der Waals surface area contributed by atoms with E-state index in [0.29, 0.717) is 12.8 Å². The maximum atomic E-state index is 12.3. The summed E-state index contributed by atoms with van der Waals surface area (Å²) < 4.78 is 5.34. The molecule has 0 aromatic rings. The zero-order chi connectivity index (χ0) is 13.1. The molecule has 2 saturated heterocycles. The lowest BCUT2D eigenvalue weighted by atomic mass is 10.1. The van der Waals surface area contributed by atoms with Gasteiger partial charge in [-0.15, -0.1) is 0 Å². The molecule has 0 aromatic carbocycles. The second kappa shape index (κ2) is 5.69. The molecule has 0 spiro atoms. The van der Waals surface area contributed by atoms with Crippen molar-refractivity contribution >= 4 is 11.9 Å². The number of rotatable bonds is 2. The molecule has 2 fully saturated rings. The normalized spacial score (nSPS) is 33.2. The fraction of sp³-hybridized carbons (Fsp3) is 0.846. The Kier molecular flexibility index (Phi) is 4.22. The number of carbonyl (C=O) groups excluding carboxylic acids is 1. The lowest BCUT2D eigenvalue weighted by Crippen LogP contribution is -2.44. The maximum absolute atomic E-state index is 12.3. The van der Waals surface area contributed by atoms with E-state index >= 15 is 0 Å². The summed E-state index contributed by atoms with van der Waals surface area (Å²) >= 11 is 0. The van der Waals surface area contributed by atoms with E-state index in [0.717, 1.165) is 32.2 Å². The molecule has 2 aliphatic heterocycles. The van der Waals surface area contributed by atoms with Crippen molar-refractivity contribution in [2.24, 2.45) is 0 Å². The molecule has 102 valence electrons. The number of amides is 1. The summed E-state index contributed by atoms with van der Waals surface area (Å²) in [5.74, 6) is -0.984. The van der Waals surface area contributed by atoms with Gasteiger partial charge in [-0.05, 0) is 32.6 Å². The largest absolute Gasteiger partial charge is 0.479 e. The lowest BCUT2D eigenvalue weighted by Gasteiger charge is -2.29. The second-order valence-corrected chi connectivity index (χ2v) is 5.26. The summed E-state index contributed by atoms with van der Waals surface area (Å²) in [7, 11) is 0. The van der Waals surface area contributed by atoms with Gasteiger partial charge in [0.15, 0.2) is 6.10 Å². The summed E-state index contributed by atoms with van der Waals surface area (Å²) in [6.07, 6.45) is 4.00. The van der Waals surface area contributed by atoms with Crippen molar-refractivity contribution in [1.82, 2.24) is 4.90 Å². The van der Waals surface area contributed by atoms with E-state index in [-0.39, 0.29) is 11.9 Å². The number of ether oxygens (including phenoxy) is 1. The number of carboxylic acid groups (broad SMARTS) is 1. The first-order valence-corrected chi connectivity index (χ1v) is 6.78. The third-order valence-electron chi connectivity index (χ3n) is 3.91. The number of carboxylic acids is 1. The highest BCUT2D eigenvalue weighted by Crippen LogP contribution is 2.24. The van der Waals surface area contributed by atoms with Crippen LogP contribution in [0.3, 0.4) is 0 Å². The molecule has 0 radical (unpaired) electrons. The van der Waals surface area contributed by atoms with E-state index in [1.807, 2.05) is 4.90 Å². The fourth-order valence-corrected chi connectivity index (χ4v) is 2.79. The van der Waals surface area contributed by atoms with Crippen LogP contribution >= 0.6 is 0 Å². The van der Waals surface area contributed by atoms with Crippen LogP contribution in [-0.2, 0) is 14.3 Å². The molecular formula is C13H21NO4. The Labute approximate surface area is 107 Å². The molecule has 0 aliphatic carbocycles. The average Bonchev–Trinajstić information content (AvgIpc) is 2.73. The third-order valence-corrected chi connectivity index (χ3v) is 3.91. The van der Waals surface area contributed by atoms with Crippen molar-refractivity contribution in [1.29, 1.82) is 0 Å². The van der Waals surface area contributed by atoms with Crippen molar-refractivity contribution in [3.8, 4) is 0 Å². The number of aliphatic carboxylic acids is 1. The minimum atomic E-state index is -0.964. The molecule has 2 heterocycles. The zero-order valence-electron chi connectivity index (χ0n) is 10.8. The number of carbonyl (C=O) groups is 2. The zero-order valence-corrected chi connectivity index (χ0v) is 10.8. The highest BCUT2D eigenvalue weighted by Gasteiger charge is 2.37. The highest BCUT2D eigenvalue weighted by atomic mass is 16.5. The van der Waals surface area contributed by atoms with Crippen LogP contribution in [0.2, 0.25) is 0 Å². The molecule has 0 bridgehead atoms. The van der Waals surface area contributed by atoms with Crippen molar-refractivity contribution in [3.63, 3.8) is 0 Å². The summed E-state index contributed by atoms with van der Waals surface area (Å²) in [5.41, 5.74) is 0. The first-order valence-electron chi connectivity index (χ1n) is 6.78. The molecule has 2 aliphatic rings. The Hall–Kier alpha value is -1.10. The molecule has 0 aromatic heterocycles. The van der Waals surface area contributed by atoms with Crippen molar-refractivity contribution in [3.05, 3.63) is 0 Å². The summed E-state index contributed by atoms with van der Waals surface area (Å²) in [5, 5.41) is 8.87. The molecular weight excluding hydrogens is 234 g/mol. The first kappa shape index (κ1) is 13.3.